The van der Waals surface area contributed by atoms with Gasteiger partial charge in [-0.25, -0.2) is 19.9 Å². The molecule has 53 heavy (non-hydrogen) atoms. The third-order valence-corrected chi connectivity index (χ3v) is 10.9. The molecule has 0 amide bonds. The topological polar surface area (TPSA) is 125 Å². The van der Waals surface area contributed by atoms with Gasteiger partial charge in [0.15, 0.2) is 11.5 Å². The molecule has 1 N–H and O–H groups in total. The van der Waals surface area contributed by atoms with E-state index in [0.29, 0.717) is 73.9 Å². The summed E-state index contributed by atoms with van der Waals surface area (Å²) < 4.78 is 53.5. The molecule has 12 nitrogen and oxygen atoms in total. The highest BCUT2D eigenvalue weighted by Crippen LogP contribution is 2.46. The highest BCUT2D eigenvalue weighted by Gasteiger charge is 2.40. The summed E-state index contributed by atoms with van der Waals surface area (Å²) in [6.07, 6.45) is 6.50. The molecule has 284 valence electrons. The Balaban J connectivity index is 1.18. The Labute approximate surface area is 307 Å². The van der Waals surface area contributed by atoms with Crippen LogP contribution in [0.15, 0.2) is 30.7 Å². The maximum Gasteiger partial charge on any atom is 0.418 e. The van der Waals surface area contributed by atoms with Gasteiger partial charge in [0.05, 0.1) is 54.7 Å². The molecular formula is C38H48F3N9O3. The zero-order valence-corrected chi connectivity index (χ0v) is 30.9. The van der Waals surface area contributed by atoms with Crippen LogP contribution >= 0.6 is 0 Å². The zero-order chi connectivity index (χ0) is 37.3. The van der Waals surface area contributed by atoms with Crippen molar-refractivity contribution in [2.75, 3.05) is 69.9 Å². The van der Waals surface area contributed by atoms with Crippen LogP contribution in [-0.2, 0) is 20.4 Å². The fourth-order valence-electron chi connectivity index (χ4n) is 8.04. The second-order valence-corrected chi connectivity index (χ2v) is 14.9. The lowest BCUT2D eigenvalue weighted by Gasteiger charge is -2.40. The number of aromatic nitrogens is 6. The Morgan fingerprint density at radius 2 is 1.85 bits per heavy atom. The van der Waals surface area contributed by atoms with E-state index in [0.717, 1.165) is 56.8 Å². The van der Waals surface area contributed by atoms with Crippen molar-refractivity contribution in [2.45, 2.75) is 76.9 Å². The molecule has 0 radical (unpaired) electrons. The quantitative estimate of drug-likeness (QED) is 0.152. The van der Waals surface area contributed by atoms with Gasteiger partial charge < -0.3 is 24.3 Å². The van der Waals surface area contributed by atoms with Gasteiger partial charge >= 0.3 is 12.1 Å². The van der Waals surface area contributed by atoms with E-state index in [1.165, 1.54) is 12.3 Å². The molecule has 1 atom stereocenters. The first-order valence-electron chi connectivity index (χ1n) is 18.6. The number of piperazine rings is 1. The number of H-pyrrole nitrogens is 1. The van der Waals surface area contributed by atoms with Crippen molar-refractivity contribution in [2.24, 2.45) is 5.41 Å². The van der Waals surface area contributed by atoms with Gasteiger partial charge in [-0.15, -0.1) is 0 Å². The van der Waals surface area contributed by atoms with Crippen LogP contribution < -0.4 is 9.80 Å². The van der Waals surface area contributed by atoms with Crippen LogP contribution in [0.5, 0.6) is 0 Å². The summed E-state index contributed by atoms with van der Waals surface area (Å²) in [5.74, 6) is 0.864. The van der Waals surface area contributed by atoms with Crippen LogP contribution in [0.2, 0.25) is 0 Å². The van der Waals surface area contributed by atoms with Crippen molar-refractivity contribution < 1.29 is 27.4 Å². The molecule has 15 heteroatoms. The average molecular weight is 736 g/mol. The van der Waals surface area contributed by atoms with E-state index in [1.54, 1.807) is 19.5 Å². The first-order valence-corrected chi connectivity index (χ1v) is 18.6. The molecule has 0 aromatic carbocycles. The van der Waals surface area contributed by atoms with Crippen molar-refractivity contribution in [3.05, 3.63) is 42.0 Å². The summed E-state index contributed by atoms with van der Waals surface area (Å²) in [5, 5.41) is 0. The zero-order valence-electron chi connectivity index (χ0n) is 30.9. The monoisotopic (exact) mass is 735 g/mol. The number of hydrogen-bond acceptors (Lipinski definition) is 11. The number of ether oxygens (including phenoxy) is 2. The molecule has 7 rings (SSSR count). The second-order valence-electron chi connectivity index (χ2n) is 14.9. The van der Waals surface area contributed by atoms with Gasteiger partial charge in [-0.05, 0) is 51.7 Å². The number of anilines is 2. The van der Waals surface area contributed by atoms with E-state index < -0.39 is 11.7 Å². The SMILES string of the molecule is CCOC(=O)CCN1CCN(c2cnc(-c3nc4nc(-c5cnc(C6CC6)c(C(F)(F)F)c5)cc(N(C)CC5(COC)CCCC5)c4[nH]3)cn2)C[C@H]1C. The maximum absolute atomic E-state index is 14.3. The number of pyridine rings is 2. The van der Waals surface area contributed by atoms with E-state index >= 15 is 0 Å². The van der Waals surface area contributed by atoms with Gasteiger partial charge in [-0.3, -0.25) is 14.7 Å². The molecule has 2 saturated carbocycles. The Kier molecular flexibility index (Phi) is 10.6. The number of alkyl halides is 3. The number of fused-ring (bicyclic) bond motifs is 1. The second kappa shape index (κ2) is 15.2. The molecule has 1 aliphatic heterocycles. The fourth-order valence-corrected chi connectivity index (χ4v) is 8.04. The third-order valence-electron chi connectivity index (χ3n) is 10.9. The molecule has 3 fully saturated rings. The Morgan fingerprint density at radius 1 is 1.06 bits per heavy atom. The first-order chi connectivity index (χ1) is 25.5. The minimum Gasteiger partial charge on any atom is -0.466 e. The molecular weight excluding hydrogens is 687 g/mol. The normalized spacial score (nSPS) is 19.2. The summed E-state index contributed by atoms with van der Waals surface area (Å²) in [6.45, 7) is 8.56. The average Bonchev–Trinajstić information content (AvgIpc) is 3.74. The summed E-state index contributed by atoms with van der Waals surface area (Å²) in [4.78, 5) is 45.3. The van der Waals surface area contributed by atoms with Gasteiger partial charge in [-0.2, -0.15) is 13.2 Å². The van der Waals surface area contributed by atoms with Gasteiger partial charge in [0, 0.05) is 76.0 Å². The highest BCUT2D eigenvalue weighted by atomic mass is 19.4. The van der Waals surface area contributed by atoms with E-state index in [2.05, 4.69) is 31.6 Å². The number of nitrogens with zero attached hydrogens (tertiary/aromatic N) is 8. The van der Waals surface area contributed by atoms with Crippen molar-refractivity contribution in [3.8, 4) is 22.8 Å². The number of methoxy groups -OCH3 is 1. The standard InChI is InChI=1S/C38H48F3N9O3/c1-5-53-32(51)10-13-49-14-15-50(21-24(49)2)31-20-42-29(19-43-31)35-46-34-30(48(3)22-37(23-52-4)11-6-7-12-37)17-28(45-36(34)47-35)26-16-27(38(39,40)41)33(44-18-26)25-8-9-25/h16-20,24-25H,5-15,21-23H2,1-4H3,(H,45,46,47)/t24-/m1/s1. The first kappa shape index (κ1) is 37.0. The van der Waals surface area contributed by atoms with Gasteiger partial charge in [0.25, 0.3) is 0 Å². The number of carbonyl (C=O) groups excluding carboxylic acids is 1. The molecule has 4 aromatic rings. The van der Waals surface area contributed by atoms with Gasteiger partial charge in [0.2, 0.25) is 0 Å². The van der Waals surface area contributed by atoms with Crippen LogP contribution in [0, 0.1) is 5.41 Å². The summed E-state index contributed by atoms with van der Waals surface area (Å²) in [6, 6.07) is 3.22. The molecule has 5 heterocycles. The Bertz CT molecular complexity index is 1910. The lowest BCUT2D eigenvalue weighted by atomic mass is 9.86. The summed E-state index contributed by atoms with van der Waals surface area (Å²) >= 11 is 0. The molecule has 0 spiro atoms. The number of aromatic amines is 1. The number of carbonyl (C=O) groups is 1. The number of hydrogen-bond donors (Lipinski definition) is 1. The van der Waals surface area contributed by atoms with Crippen LogP contribution in [0.1, 0.15) is 76.0 Å². The van der Waals surface area contributed by atoms with E-state index in [9.17, 15) is 18.0 Å². The largest absolute Gasteiger partial charge is 0.466 e. The van der Waals surface area contributed by atoms with E-state index in [-0.39, 0.29) is 34.6 Å². The van der Waals surface area contributed by atoms with Crippen LogP contribution in [0.4, 0.5) is 24.7 Å². The number of halogens is 3. The van der Waals surface area contributed by atoms with Crippen LogP contribution in [0.3, 0.4) is 0 Å². The molecule has 2 aliphatic carbocycles. The molecule has 1 saturated heterocycles. The fraction of sp³-hybridized carbons (Fsp3) is 0.579. The van der Waals surface area contributed by atoms with Crippen molar-refractivity contribution in [1.29, 1.82) is 0 Å². The minimum atomic E-state index is -4.53. The lowest BCUT2D eigenvalue weighted by Crippen LogP contribution is -2.52. The predicted octanol–water partition coefficient (Wildman–Crippen LogP) is 6.48. The van der Waals surface area contributed by atoms with Crippen molar-refractivity contribution in [1.82, 2.24) is 34.8 Å². The van der Waals surface area contributed by atoms with Gasteiger partial charge in [0.1, 0.15) is 17.0 Å². The highest BCUT2D eigenvalue weighted by molar-refractivity contribution is 5.91. The molecule has 0 bridgehead atoms. The number of imidazole rings is 1. The lowest BCUT2D eigenvalue weighted by molar-refractivity contribution is -0.143. The summed E-state index contributed by atoms with van der Waals surface area (Å²) in [5.41, 5.74) is 2.33. The Morgan fingerprint density at radius 3 is 2.51 bits per heavy atom. The van der Waals surface area contributed by atoms with Crippen molar-refractivity contribution >= 4 is 28.6 Å². The van der Waals surface area contributed by atoms with Crippen LogP contribution in [0.25, 0.3) is 33.9 Å². The van der Waals surface area contributed by atoms with E-state index in [4.69, 9.17) is 29.4 Å². The van der Waals surface area contributed by atoms with Gasteiger partial charge in [-0.1, -0.05) is 12.8 Å². The number of rotatable bonds is 13. The molecule has 4 aromatic heterocycles. The Hall–Kier alpha value is -4.37. The summed E-state index contributed by atoms with van der Waals surface area (Å²) in [7, 11) is 3.72. The number of esters is 1. The third kappa shape index (κ3) is 8.10. The minimum absolute atomic E-state index is 0.0375. The molecule has 0 unspecified atom stereocenters. The maximum atomic E-state index is 14.3. The predicted molar refractivity (Wildman–Crippen MR) is 196 cm³/mol. The number of nitrogens with one attached hydrogen (secondary N) is 1. The van der Waals surface area contributed by atoms with Crippen LogP contribution in [-0.4, -0.2) is 107 Å². The molecule has 3 aliphatic rings. The van der Waals surface area contributed by atoms with Crippen molar-refractivity contribution in [3.63, 3.8) is 0 Å². The van der Waals surface area contributed by atoms with E-state index in [1.807, 2.05) is 20.0 Å². The smallest absolute Gasteiger partial charge is 0.418 e.